The van der Waals surface area contributed by atoms with E-state index in [0.29, 0.717) is 0 Å². The monoisotopic (exact) mass is 763 g/mol. The van der Waals surface area contributed by atoms with Crippen LogP contribution in [-0.2, 0) is 35.7 Å². The second kappa shape index (κ2) is 11.6. The van der Waals surface area contributed by atoms with Gasteiger partial charge in [-0.2, -0.15) is 0 Å². The van der Waals surface area contributed by atoms with Crippen molar-refractivity contribution >= 4 is 58.8 Å². The molecule has 0 fully saturated rings. The van der Waals surface area contributed by atoms with E-state index >= 15 is 0 Å². The minimum absolute atomic E-state index is 0. The Balaban J connectivity index is 0.000000415. The number of hydrogen-bond acceptors (Lipinski definition) is 4. The van der Waals surface area contributed by atoms with Gasteiger partial charge in [0.2, 0.25) is 0 Å². The fraction of sp³-hybridized carbons (Fsp3) is 0.263. The summed E-state index contributed by atoms with van der Waals surface area (Å²) in [7, 11) is 0. The molecule has 0 saturated heterocycles. The molecule has 0 amide bonds. The van der Waals surface area contributed by atoms with E-state index in [0.717, 1.165) is 16.6 Å². The van der Waals surface area contributed by atoms with E-state index in [9.17, 15) is 4.79 Å². The van der Waals surface area contributed by atoms with E-state index in [1.165, 1.54) is 80.2 Å². The Kier molecular flexibility index (Phi) is 8.39. The van der Waals surface area contributed by atoms with Crippen molar-refractivity contribution in [2.75, 3.05) is 0 Å². The molecule has 221 valence electrons. The molecule has 4 aromatic carbocycles. The molecule has 5 heteroatoms. The van der Waals surface area contributed by atoms with Gasteiger partial charge in [0.25, 0.3) is 0 Å². The zero-order valence-corrected chi connectivity index (χ0v) is 28.7. The number of benzene rings is 4. The maximum absolute atomic E-state index is 10.0. The van der Waals surface area contributed by atoms with Crippen molar-refractivity contribution in [1.29, 1.82) is 0 Å². The van der Waals surface area contributed by atoms with Gasteiger partial charge in [0.05, 0.1) is 5.76 Å². The fourth-order valence-electron chi connectivity index (χ4n) is 6.27. The first-order valence-corrected chi connectivity index (χ1v) is 15.3. The Morgan fingerprint density at radius 1 is 0.837 bits per heavy atom. The summed E-state index contributed by atoms with van der Waals surface area (Å²) < 4.78 is 2.75. The van der Waals surface area contributed by atoms with Crippen LogP contribution in [0.5, 0.6) is 0 Å². The number of thiophene rings is 1. The molecular formula is C38H36IrNO2S-. The predicted molar refractivity (Wildman–Crippen MR) is 179 cm³/mol. The number of ketones is 1. The first-order valence-electron chi connectivity index (χ1n) is 14.5. The number of nitrogens with zero attached hydrogens (tertiary/aromatic N) is 1. The van der Waals surface area contributed by atoms with E-state index < -0.39 is 0 Å². The van der Waals surface area contributed by atoms with Crippen molar-refractivity contribution in [2.24, 2.45) is 0 Å². The number of aliphatic hydroxyl groups is 1. The molecule has 0 saturated carbocycles. The largest absolute Gasteiger partial charge is 0.512 e. The molecule has 7 rings (SSSR count). The molecule has 0 atom stereocenters. The number of aliphatic hydroxyl groups excluding tert-OH is 1. The van der Waals surface area contributed by atoms with E-state index in [1.54, 1.807) is 0 Å². The zero-order valence-electron chi connectivity index (χ0n) is 25.5. The minimum atomic E-state index is -0.125. The van der Waals surface area contributed by atoms with Crippen LogP contribution in [-0.4, -0.2) is 15.9 Å². The van der Waals surface area contributed by atoms with E-state index in [2.05, 4.69) is 100 Å². The first kappa shape index (κ1) is 31.1. The number of rotatable bonds is 2. The minimum Gasteiger partial charge on any atom is -0.512 e. The van der Waals surface area contributed by atoms with Gasteiger partial charge < -0.3 is 5.11 Å². The second-order valence-electron chi connectivity index (χ2n) is 12.8. The van der Waals surface area contributed by atoms with Gasteiger partial charge >= 0.3 is 0 Å². The smallest absolute Gasteiger partial charge is 0.155 e. The number of aromatic nitrogens is 1. The van der Waals surface area contributed by atoms with Crippen LogP contribution in [0.2, 0.25) is 0 Å². The molecule has 1 aliphatic rings. The molecule has 0 unspecified atom stereocenters. The summed E-state index contributed by atoms with van der Waals surface area (Å²) in [5, 5.41) is 15.9. The summed E-state index contributed by atoms with van der Waals surface area (Å²) in [6.45, 7) is 12.5. The third-order valence-corrected chi connectivity index (χ3v) is 9.77. The molecule has 1 aliphatic carbocycles. The van der Waals surface area contributed by atoms with Crippen LogP contribution in [0.25, 0.3) is 53.0 Å². The van der Waals surface area contributed by atoms with Crippen LogP contribution in [0, 0.1) is 6.07 Å². The summed E-state index contributed by atoms with van der Waals surface area (Å²) in [4.78, 5) is 14.9. The number of pyridine rings is 1. The Morgan fingerprint density at radius 3 is 2.16 bits per heavy atom. The molecule has 2 aromatic heterocycles. The number of fused-ring (bicyclic) bond motifs is 6. The third kappa shape index (κ3) is 5.91. The van der Waals surface area contributed by atoms with E-state index in [-0.39, 0.29) is 42.5 Å². The number of carbonyl (C=O) groups excluding carboxylic acids is 1. The average molecular weight is 763 g/mol. The van der Waals surface area contributed by atoms with Crippen molar-refractivity contribution in [3.05, 3.63) is 102 Å². The van der Waals surface area contributed by atoms with E-state index in [1.807, 2.05) is 17.5 Å². The molecule has 1 N–H and O–H groups in total. The number of carbonyl (C=O) groups is 1. The van der Waals surface area contributed by atoms with Crippen molar-refractivity contribution in [3.8, 4) is 11.3 Å². The maximum atomic E-state index is 10.0. The summed E-state index contributed by atoms with van der Waals surface area (Å²) in [6, 6.07) is 28.2. The molecule has 0 spiro atoms. The van der Waals surface area contributed by atoms with Gasteiger partial charge in [0.15, 0.2) is 5.78 Å². The Labute approximate surface area is 271 Å². The SMILES string of the molecule is CC(=O)/C=C(/C)O.CC1(C)CCC(C)(C)c2cc3c(cc21)sc1cc2ccnc(-c4[c-]c5ccccc5cc4)c2cc13.[Ir]. The Morgan fingerprint density at radius 2 is 1.49 bits per heavy atom. The van der Waals surface area contributed by atoms with Crippen molar-refractivity contribution in [3.63, 3.8) is 0 Å². The van der Waals surface area contributed by atoms with Crippen molar-refractivity contribution in [1.82, 2.24) is 4.98 Å². The van der Waals surface area contributed by atoms with Crippen LogP contribution in [0.4, 0.5) is 0 Å². The summed E-state index contributed by atoms with van der Waals surface area (Å²) >= 11 is 1.93. The summed E-state index contributed by atoms with van der Waals surface area (Å²) in [5.41, 5.74) is 5.54. The number of hydrogen-bond donors (Lipinski definition) is 1. The molecule has 0 bridgehead atoms. The molecule has 43 heavy (non-hydrogen) atoms. The summed E-state index contributed by atoms with van der Waals surface area (Å²) in [5.74, 6) is -0.0625. The maximum Gasteiger partial charge on any atom is 0.155 e. The van der Waals surface area contributed by atoms with Crippen LogP contribution in [0.3, 0.4) is 0 Å². The quantitative estimate of drug-likeness (QED) is 0.109. The van der Waals surface area contributed by atoms with Crippen LogP contribution in [0.1, 0.15) is 65.5 Å². The normalized spacial score (nSPS) is 15.5. The average Bonchev–Trinajstić information content (AvgIpc) is 3.29. The third-order valence-electron chi connectivity index (χ3n) is 8.65. The molecule has 0 aliphatic heterocycles. The fourth-order valence-corrected chi connectivity index (χ4v) is 7.42. The Hall–Kier alpha value is -3.37. The predicted octanol–water partition coefficient (Wildman–Crippen LogP) is 10.6. The summed E-state index contributed by atoms with van der Waals surface area (Å²) in [6.07, 6.45) is 5.57. The van der Waals surface area contributed by atoms with Gasteiger partial charge in [-0.15, -0.1) is 41.0 Å². The van der Waals surface area contributed by atoms with Crippen molar-refractivity contribution in [2.45, 2.75) is 65.2 Å². The standard InChI is InChI=1S/C33H28NS.C5H8O2.Ir/c1-32(2)12-13-33(3,4)28-19-30-26(18-27(28)32)25-17-24-22(16-29(25)35-30)11-14-34-31(24)23-10-9-20-7-5-6-8-21(20)15-23;1-4(6)3-5(2)7;/h5-11,14,16-19H,12-13H2,1-4H3;3,6H,1-2H3;/q-1;;/b;4-3-;. The number of allylic oxidation sites excluding steroid dienone is 2. The molecule has 3 nitrogen and oxygen atoms in total. The molecule has 2 heterocycles. The zero-order chi connectivity index (χ0) is 29.8. The van der Waals surface area contributed by atoms with Crippen molar-refractivity contribution < 1.29 is 30.0 Å². The first-order chi connectivity index (χ1) is 19.9. The molecule has 6 aromatic rings. The van der Waals surface area contributed by atoms with Crippen LogP contribution >= 0.6 is 11.3 Å². The van der Waals surface area contributed by atoms with Gasteiger partial charge in [-0.05, 0) is 83.7 Å². The molecule has 1 radical (unpaired) electrons. The van der Waals surface area contributed by atoms with Crippen LogP contribution in [0.15, 0.2) is 84.8 Å². The second-order valence-corrected chi connectivity index (χ2v) is 13.9. The van der Waals surface area contributed by atoms with Gasteiger partial charge in [-0.1, -0.05) is 62.9 Å². The van der Waals surface area contributed by atoms with Gasteiger partial charge in [0.1, 0.15) is 0 Å². The molecular weight excluding hydrogens is 727 g/mol. The topological polar surface area (TPSA) is 50.2 Å². The van der Waals surface area contributed by atoms with Gasteiger partial charge in [-0.3, -0.25) is 9.78 Å². The van der Waals surface area contributed by atoms with Crippen LogP contribution < -0.4 is 0 Å². The van der Waals surface area contributed by atoms with Gasteiger partial charge in [0, 0.05) is 58.2 Å². The van der Waals surface area contributed by atoms with Gasteiger partial charge in [-0.25, -0.2) is 0 Å². The Bertz CT molecular complexity index is 2050. The van der Waals surface area contributed by atoms with E-state index in [4.69, 9.17) is 10.1 Å².